The van der Waals surface area contributed by atoms with Gasteiger partial charge in [-0.05, 0) is 35.9 Å². The largest absolute Gasteiger partial charge is 0.490 e. The SMILES string of the molecule is C=CCOc1ccc(CNc2cccc(C(=O)NCCO)c2)cc1. The summed E-state index contributed by atoms with van der Waals surface area (Å²) in [6.07, 6.45) is 1.71. The quantitative estimate of drug-likeness (QED) is 0.620. The van der Waals surface area contributed by atoms with E-state index in [0.29, 0.717) is 18.7 Å². The predicted octanol–water partition coefficient (Wildman–Crippen LogP) is 2.59. The van der Waals surface area contributed by atoms with Crippen LogP contribution in [0.2, 0.25) is 0 Å². The van der Waals surface area contributed by atoms with Crippen molar-refractivity contribution < 1.29 is 14.6 Å². The highest BCUT2D eigenvalue weighted by Gasteiger charge is 2.05. The number of aliphatic hydroxyl groups is 1. The smallest absolute Gasteiger partial charge is 0.251 e. The summed E-state index contributed by atoms with van der Waals surface area (Å²) in [6, 6.07) is 15.1. The third-order valence-corrected chi connectivity index (χ3v) is 3.31. The van der Waals surface area contributed by atoms with E-state index in [9.17, 15) is 4.79 Å². The maximum atomic E-state index is 11.9. The van der Waals surface area contributed by atoms with Gasteiger partial charge in [-0.2, -0.15) is 0 Å². The molecule has 0 heterocycles. The van der Waals surface area contributed by atoms with Gasteiger partial charge in [0.15, 0.2) is 0 Å². The Morgan fingerprint density at radius 3 is 2.71 bits per heavy atom. The van der Waals surface area contributed by atoms with Crippen molar-refractivity contribution in [2.75, 3.05) is 25.1 Å². The van der Waals surface area contributed by atoms with Crippen LogP contribution in [0.15, 0.2) is 61.2 Å². The van der Waals surface area contributed by atoms with E-state index in [4.69, 9.17) is 9.84 Å². The van der Waals surface area contributed by atoms with E-state index >= 15 is 0 Å². The van der Waals surface area contributed by atoms with Crippen molar-refractivity contribution in [2.45, 2.75) is 6.54 Å². The van der Waals surface area contributed by atoms with Crippen LogP contribution in [0, 0.1) is 0 Å². The summed E-state index contributed by atoms with van der Waals surface area (Å²) >= 11 is 0. The zero-order chi connectivity index (χ0) is 17.2. The number of hydrogen-bond donors (Lipinski definition) is 3. The summed E-state index contributed by atoms with van der Waals surface area (Å²) in [6.45, 7) is 4.92. The minimum atomic E-state index is -0.198. The fourth-order valence-electron chi connectivity index (χ4n) is 2.10. The van der Waals surface area contributed by atoms with Gasteiger partial charge in [0.25, 0.3) is 5.91 Å². The summed E-state index contributed by atoms with van der Waals surface area (Å²) in [5.74, 6) is 0.609. The number of amides is 1. The summed E-state index contributed by atoms with van der Waals surface area (Å²) in [4.78, 5) is 11.9. The number of aliphatic hydroxyl groups excluding tert-OH is 1. The summed E-state index contributed by atoms with van der Waals surface area (Å²) < 4.78 is 5.45. The van der Waals surface area contributed by atoms with E-state index in [1.807, 2.05) is 36.4 Å². The molecule has 0 fully saturated rings. The van der Waals surface area contributed by atoms with Gasteiger partial charge in [0, 0.05) is 24.3 Å². The van der Waals surface area contributed by atoms with E-state index in [1.165, 1.54) is 0 Å². The van der Waals surface area contributed by atoms with Gasteiger partial charge in [-0.3, -0.25) is 4.79 Å². The van der Waals surface area contributed by atoms with Crippen molar-refractivity contribution in [2.24, 2.45) is 0 Å². The Morgan fingerprint density at radius 1 is 1.21 bits per heavy atom. The molecular weight excluding hydrogens is 304 g/mol. The van der Waals surface area contributed by atoms with E-state index in [1.54, 1.807) is 18.2 Å². The minimum absolute atomic E-state index is 0.0732. The highest BCUT2D eigenvalue weighted by atomic mass is 16.5. The van der Waals surface area contributed by atoms with Crippen LogP contribution >= 0.6 is 0 Å². The molecule has 0 aromatic heterocycles. The normalized spacial score (nSPS) is 10.0. The fourth-order valence-corrected chi connectivity index (χ4v) is 2.10. The van der Waals surface area contributed by atoms with E-state index < -0.39 is 0 Å². The number of benzene rings is 2. The Balaban J connectivity index is 1.91. The highest BCUT2D eigenvalue weighted by Crippen LogP contribution is 2.15. The maximum absolute atomic E-state index is 11.9. The number of rotatable bonds is 9. The highest BCUT2D eigenvalue weighted by molar-refractivity contribution is 5.95. The second-order valence-corrected chi connectivity index (χ2v) is 5.16. The van der Waals surface area contributed by atoms with Crippen molar-refractivity contribution >= 4 is 11.6 Å². The molecule has 0 atom stereocenters. The molecule has 5 nitrogen and oxygen atoms in total. The third kappa shape index (κ3) is 5.44. The van der Waals surface area contributed by atoms with E-state index in [2.05, 4.69) is 17.2 Å². The molecule has 2 aromatic rings. The summed E-state index contributed by atoms with van der Waals surface area (Å²) in [5.41, 5.74) is 2.52. The lowest BCUT2D eigenvalue weighted by molar-refractivity contribution is 0.0945. The van der Waals surface area contributed by atoms with Crippen LogP contribution in [0.4, 0.5) is 5.69 Å². The molecule has 0 aliphatic heterocycles. The van der Waals surface area contributed by atoms with Gasteiger partial charge < -0.3 is 20.5 Å². The molecule has 0 unspecified atom stereocenters. The van der Waals surface area contributed by atoms with Crippen LogP contribution in [0.1, 0.15) is 15.9 Å². The van der Waals surface area contributed by atoms with Crippen LogP contribution in [0.3, 0.4) is 0 Å². The molecule has 0 aliphatic carbocycles. The molecule has 126 valence electrons. The Kier molecular flexibility index (Phi) is 6.86. The van der Waals surface area contributed by atoms with Crippen LogP contribution < -0.4 is 15.4 Å². The van der Waals surface area contributed by atoms with Gasteiger partial charge >= 0.3 is 0 Å². The third-order valence-electron chi connectivity index (χ3n) is 3.31. The molecule has 1 amide bonds. The standard InChI is InChI=1S/C19H22N2O3/c1-2-12-24-18-8-6-15(7-9-18)14-21-17-5-3-4-16(13-17)19(23)20-10-11-22/h2-9,13,21-22H,1,10-12,14H2,(H,20,23). The fraction of sp³-hybridized carbons (Fsp3) is 0.211. The summed E-state index contributed by atoms with van der Waals surface area (Å²) in [7, 11) is 0. The zero-order valence-corrected chi connectivity index (χ0v) is 13.5. The zero-order valence-electron chi connectivity index (χ0n) is 13.5. The monoisotopic (exact) mass is 326 g/mol. The van der Waals surface area contributed by atoms with Crippen molar-refractivity contribution in [3.63, 3.8) is 0 Å². The Hall–Kier alpha value is -2.79. The van der Waals surface area contributed by atoms with Gasteiger partial charge in [0.05, 0.1) is 6.61 Å². The second-order valence-electron chi connectivity index (χ2n) is 5.16. The van der Waals surface area contributed by atoms with Crippen LogP contribution in [0.5, 0.6) is 5.75 Å². The van der Waals surface area contributed by atoms with Crippen LogP contribution in [0.25, 0.3) is 0 Å². The lowest BCUT2D eigenvalue weighted by Crippen LogP contribution is -2.26. The number of nitrogens with one attached hydrogen (secondary N) is 2. The molecule has 0 saturated heterocycles. The van der Waals surface area contributed by atoms with Crippen molar-refractivity contribution in [3.8, 4) is 5.75 Å². The topological polar surface area (TPSA) is 70.6 Å². The molecule has 5 heteroatoms. The molecule has 2 aromatic carbocycles. The number of hydrogen-bond acceptors (Lipinski definition) is 4. The average Bonchev–Trinajstić information content (AvgIpc) is 2.63. The molecular formula is C19H22N2O3. The number of anilines is 1. The first-order valence-electron chi connectivity index (χ1n) is 7.78. The van der Waals surface area contributed by atoms with Gasteiger partial charge in [0.2, 0.25) is 0 Å². The second kappa shape index (κ2) is 9.37. The molecule has 0 bridgehead atoms. The number of carbonyl (C=O) groups is 1. The molecule has 0 saturated carbocycles. The number of ether oxygens (including phenoxy) is 1. The van der Waals surface area contributed by atoms with E-state index in [0.717, 1.165) is 17.0 Å². The molecule has 3 N–H and O–H groups in total. The molecule has 24 heavy (non-hydrogen) atoms. The van der Waals surface area contributed by atoms with Crippen molar-refractivity contribution in [1.29, 1.82) is 0 Å². The first kappa shape index (κ1) is 17.6. The summed E-state index contributed by atoms with van der Waals surface area (Å²) in [5, 5.41) is 14.7. The molecule has 0 radical (unpaired) electrons. The van der Waals surface area contributed by atoms with Gasteiger partial charge in [-0.1, -0.05) is 30.9 Å². The lowest BCUT2D eigenvalue weighted by Gasteiger charge is -2.10. The lowest BCUT2D eigenvalue weighted by atomic mass is 10.1. The van der Waals surface area contributed by atoms with E-state index in [-0.39, 0.29) is 19.1 Å². The minimum Gasteiger partial charge on any atom is -0.490 e. The van der Waals surface area contributed by atoms with Gasteiger partial charge in [-0.25, -0.2) is 0 Å². The van der Waals surface area contributed by atoms with Crippen LogP contribution in [-0.4, -0.2) is 30.8 Å². The first-order chi connectivity index (χ1) is 11.7. The predicted molar refractivity (Wildman–Crippen MR) is 95.3 cm³/mol. The van der Waals surface area contributed by atoms with Crippen molar-refractivity contribution in [3.05, 3.63) is 72.3 Å². The molecule has 0 spiro atoms. The van der Waals surface area contributed by atoms with Gasteiger partial charge in [-0.15, -0.1) is 0 Å². The van der Waals surface area contributed by atoms with Crippen molar-refractivity contribution in [1.82, 2.24) is 5.32 Å². The number of carbonyl (C=O) groups excluding carboxylic acids is 1. The Bertz CT molecular complexity index is 669. The Morgan fingerprint density at radius 2 is 2.00 bits per heavy atom. The van der Waals surface area contributed by atoms with Gasteiger partial charge in [0.1, 0.15) is 12.4 Å². The van der Waals surface area contributed by atoms with Crippen LogP contribution in [-0.2, 0) is 6.54 Å². The molecule has 2 rings (SSSR count). The average molecular weight is 326 g/mol. The maximum Gasteiger partial charge on any atom is 0.251 e. The Labute approximate surface area is 142 Å². The first-order valence-corrected chi connectivity index (χ1v) is 7.78. The molecule has 0 aliphatic rings.